The smallest absolute Gasteiger partial charge is 0.393 e. The van der Waals surface area contributed by atoms with Crippen LogP contribution in [0.25, 0.3) is 11.0 Å². The van der Waals surface area contributed by atoms with Gasteiger partial charge in [0.05, 0.1) is 6.42 Å². The fraction of sp³-hybridized carbons (Fsp3) is 0.200. The van der Waals surface area contributed by atoms with Crippen LogP contribution in [-0.4, -0.2) is 6.18 Å². The first-order valence-electron chi connectivity index (χ1n) is 4.00. The van der Waals surface area contributed by atoms with Gasteiger partial charge < -0.3 is 4.42 Å². The van der Waals surface area contributed by atoms with E-state index in [1.165, 1.54) is 12.1 Å². The third kappa shape index (κ3) is 1.89. The summed E-state index contributed by atoms with van der Waals surface area (Å²) < 4.78 is 41.0. The van der Waals surface area contributed by atoms with Crippen LogP contribution in [-0.2, 0) is 6.42 Å². The molecule has 0 saturated heterocycles. The minimum atomic E-state index is -4.18. The summed E-state index contributed by atoms with van der Waals surface area (Å²) >= 11 is 0. The van der Waals surface area contributed by atoms with E-state index in [4.69, 9.17) is 4.42 Å². The molecule has 0 N–H and O–H groups in total. The van der Waals surface area contributed by atoms with E-state index in [1.807, 2.05) is 0 Å². The molecule has 73 valence electrons. The summed E-state index contributed by atoms with van der Waals surface area (Å²) in [5.74, 6) is 0. The second-order valence-corrected chi connectivity index (χ2v) is 3.03. The Hall–Kier alpha value is -1.45. The molecule has 0 unspecified atom stereocenters. The van der Waals surface area contributed by atoms with Crippen LogP contribution in [0.15, 0.2) is 28.7 Å². The van der Waals surface area contributed by atoms with Crippen molar-refractivity contribution in [3.05, 3.63) is 36.1 Å². The van der Waals surface area contributed by atoms with Crippen LogP contribution in [0.2, 0.25) is 0 Å². The number of hydrogen-bond acceptors (Lipinski definition) is 1. The average molecular weight is 199 g/mol. The zero-order valence-corrected chi connectivity index (χ0v) is 7.06. The molecule has 0 saturated carbocycles. The number of benzene rings is 1. The predicted molar refractivity (Wildman–Crippen MR) is 44.8 cm³/mol. The Morgan fingerprint density at radius 3 is 2.79 bits per heavy atom. The molecule has 14 heavy (non-hydrogen) atoms. The Morgan fingerprint density at radius 2 is 2.07 bits per heavy atom. The predicted octanol–water partition coefficient (Wildman–Crippen LogP) is 3.34. The Balaban J connectivity index is 2.35. The van der Waals surface area contributed by atoms with E-state index >= 15 is 0 Å². The largest absolute Gasteiger partial charge is 0.453 e. The summed E-state index contributed by atoms with van der Waals surface area (Å²) in [6, 6.07) is 6.02. The van der Waals surface area contributed by atoms with Crippen molar-refractivity contribution in [1.82, 2.24) is 0 Å². The van der Waals surface area contributed by atoms with Gasteiger partial charge in [0.25, 0.3) is 0 Å². The second kappa shape index (κ2) is 3.04. The van der Waals surface area contributed by atoms with Gasteiger partial charge in [-0.25, -0.2) is 0 Å². The first-order valence-corrected chi connectivity index (χ1v) is 4.00. The summed E-state index contributed by atoms with van der Waals surface area (Å²) in [6.07, 6.45) is -2.63. The van der Waals surface area contributed by atoms with Gasteiger partial charge in [-0.1, -0.05) is 12.1 Å². The molecule has 4 heteroatoms. The summed E-state index contributed by atoms with van der Waals surface area (Å²) in [5, 5.41) is 0.760. The van der Waals surface area contributed by atoms with Crippen molar-refractivity contribution in [3.8, 4) is 0 Å². The van der Waals surface area contributed by atoms with Gasteiger partial charge >= 0.3 is 6.18 Å². The van der Waals surface area contributed by atoms with Gasteiger partial charge in [-0.05, 0) is 17.7 Å². The van der Waals surface area contributed by atoms with Crippen molar-refractivity contribution < 1.29 is 17.6 Å². The zero-order chi connectivity index (χ0) is 10.2. The molecule has 0 aliphatic rings. The van der Waals surface area contributed by atoms with Crippen molar-refractivity contribution in [3.63, 3.8) is 0 Å². The maximum atomic E-state index is 12.0. The molecule has 0 atom stereocenters. The SMILES string of the molecule is FC(F)(F)Cc1ccc2c[c]oc2c1. The van der Waals surface area contributed by atoms with E-state index in [2.05, 4.69) is 6.26 Å². The van der Waals surface area contributed by atoms with E-state index in [9.17, 15) is 13.2 Å². The number of rotatable bonds is 1. The molecule has 0 spiro atoms. The molecule has 0 amide bonds. The van der Waals surface area contributed by atoms with Crippen LogP contribution in [0.4, 0.5) is 13.2 Å². The number of halogens is 3. The zero-order valence-electron chi connectivity index (χ0n) is 7.06. The lowest BCUT2D eigenvalue weighted by Crippen LogP contribution is -2.11. The fourth-order valence-corrected chi connectivity index (χ4v) is 1.28. The first-order chi connectivity index (χ1) is 6.54. The Bertz CT molecular complexity index is 442. The monoisotopic (exact) mass is 199 g/mol. The third-order valence-corrected chi connectivity index (χ3v) is 1.87. The van der Waals surface area contributed by atoms with E-state index in [-0.39, 0.29) is 5.56 Å². The molecular weight excluding hydrogens is 193 g/mol. The van der Waals surface area contributed by atoms with Crippen LogP contribution in [0.5, 0.6) is 0 Å². The van der Waals surface area contributed by atoms with E-state index in [0.717, 1.165) is 5.39 Å². The van der Waals surface area contributed by atoms with Crippen LogP contribution in [0.1, 0.15) is 5.56 Å². The lowest BCUT2D eigenvalue weighted by Gasteiger charge is -2.05. The third-order valence-electron chi connectivity index (χ3n) is 1.87. The van der Waals surface area contributed by atoms with Crippen LogP contribution in [0, 0.1) is 6.26 Å². The molecule has 2 aromatic rings. The Morgan fingerprint density at radius 1 is 1.29 bits per heavy atom. The molecular formula is C10H6F3O. The summed E-state index contributed by atoms with van der Waals surface area (Å²) in [7, 11) is 0. The minimum absolute atomic E-state index is 0.202. The molecule has 0 aliphatic carbocycles. The standard InChI is InChI=1S/C10H6F3O/c11-10(12,13)6-7-1-2-8-3-4-14-9(8)5-7/h1-3,5H,6H2. The number of furan rings is 1. The summed E-state index contributed by atoms with van der Waals surface area (Å²) in [6.45, 7) is 0. The van der Waals surface area contributed by atoms with Gasteiger partial charge in [0.15, 0.2) is 6.26 Å². The number of hydrogen-bond donors (Lipinski definition) is 0. The van der Waals surface area contributed by atoms with Gasteiger partial charge in [0, 0.05) is 5.39 Å². The summed E-state index contributed by atoms with van der Waals surface area (Å²) in [4.78, 5) is 0. The molecule has 0 bridgehead atoms. The highest BCUT2D eigenvalue weighted by Crippen LogP contribution is 2.24. The molecule has 0 aliphatic heterocycles. The van der Waals surface area contributed by atoms with Crippen molar-refractivity contribution in [2.45, 2.75) is 12.6 Å². The van der Waals surface area contributed by atoms with Crippen molar-refractivity contribution in [2.75, 3.05) is 0 Å². The second-order valence-electron chi connectivity index (χ2n) is 3.03. The lowest BCUT2D eigenvalue weighted by atomic mass is 10.1. The fourth-order valence-electron chi connectivity index (χ4n) is 1.28. The molecule has 1 radical (unpaired) electrons. The maximum absolute atomic E-state index is 12.0. The van der Waals surface area contributed by atoms with E-state index in [0.29, 0.717) is 5.58 Å². The van der Waals surface area contributed by atoms with Gasteiger partial charge in [-0.3, -0.25) is 0 Å². The van der Waals surface area contributed by atoms with Crippen LogP contribution < -0.4 is 0 Å². The van der Waals surface area contributed by atoms with Gasteiger partial charge in [-0.2, -0.15) is 13.2 Å². The quantitative estimate of drug-likeness (QED) is 0.686. The molecule has 1 nitrogen and oxygen atoms in total. The first kappa shape index (κ1) is 9.12. The highest BCUT2D eigenvalue weighted by atomic mass is 19.4. The van der Waals surface area contributed by atoms with Gasteiger partial charge in [0.1, 0.15) is 5.58 Å². The molecule has 1 heterocycles. The molecule has 0 fully saturated rings. The summed E-state index contributed by atoms with van der Waals surface area (Å²) in [5.41, 5.74) is 0.639. The van der Waals surface area contributed by atoms with Crippen molar-refractivity contribution >= 4 is 11.0 Å². The van der Waals surface area contributed by atoms with Crippen LogP contribution in [0.3, 0.4) is 0 Å². The highest BCUT2D eigenvalue weighted by molar-refractivity contribution is 5.77. The van der Waals surface area contributed by atoms with E-state index in [1.54, 1.807) is 12.1 Å². The molecule has 1 aromatic heterocycles. The molecule has 2 rings (SSSR count). The topological polar surface area (TPSA) is 13.1 Å². The maximum Gasteiger partial charge on any atom is 0.393 e. The highest BCUT2D eigenvalue weighted by Gasteiger charge is 2.27. The van der Waals surface area contributed by atoms with Gasteiger partial charge in [-0.15, -0.1) is 0 Å². The van der Waals surface area contributed by atoms with Crippen molar-refractivity contribution in [1.29, 1.82) is 0 Å². The number of alkyl halides is 3. The van der Waals surface area contributed by atoms with Crippen LogP contribution >= 0.6 is 0 Å². The van der Waals surface area contributed by atoms with E-state index < -0.39 is 12.6 Å². The van der Waals surface area contributed by atoms with Gasteiger partial charge in [0.2, 0.25) is 0 Å². The minimum Gasteiger partial charge on any atom is -0.453 e. The molecule has 1 aromatic carbocycles. The Kier molecular flexibility index (Phi) is 1.98. The Labute approximate surface area is 78.1 Å². The lowest BCUT2D eigenvalue weighted by molar-refractivity contribution is -0.127. The average Bonchev–Trinajstić information content (AvgIpc) is 2.47. The van der Waals surface area contributed by atoms with Crippen molar-refractivity contribution in [2.24, 2.45) is 0 Å². The normalized spacial score (nSPS) is 12.2. The number of fused-ring (bicyclic) bond motifs is 1.